The Kier molecular flexibility index (Phi) is 7.08. The number of urea groups is 1. The quantitative estimate of drug-likeness (QED) is 0.499. The number of likely N-dealkylation sites (tertiary alicyclic amines) is 1. The molecule has 4 aliphatic carbocycles. The Bertz CT molecular complexity index is 1190. The number of carbonyl (C=O) groups excluding carboxylic acids is 3. The van der Waals surface area contributed by atoms with Crippen LogP contribution in [-0.2, 0) is 9.59 Å². The Morgan fingerprint density at radius 3 is 2.28 bits per heavy atom. The fraction of sp³-hybridized carbons (Fsp3) is 0.531. The van der Waals surface area contributed by atoms with Gasteiger partial charge >= 0.3 is 6.03 Å². The third-order valence-electron chi connectivity index (χ3n) is 9.92. The molecule has 5 fully saturated rings. The van der Waals surface area contributed by atoms with Crippen LogP contribution in [0, 0.1) is 30.6 Å². The van der Waals surface area contributed by atoms with Crippen molar-refractivity contribution in [1.29, 1.82) is 0 Å². The van der Waals surface area contributed by atoms with Gasteiger partial charge in [-0.05, 0) is 105 Å². The number of benzene rings is 2. The normalized spacial score (nSPS) is 31.6. The van der Waals surface area contributed by atoms with Crippen LogP contribution in [0.25, 0.3) is 0 Å². The highest BCUT2D eigenvalue weighted by Crippen LogP contribution is 2.55. The number of aryl methyl sites for hydroxylation is 1. The van der Waals surface area contributed by atoms with Crippen molar-refractivity contribution < 1.29 is 14.4 Å². The molecular formula is C32H40N4O3. The molecule has 4 bridgehead atoms. The van der Waals surface area contributed by atoms with Gasteiger partial charge in [-0.3, -0.25) is 14.5 Å². The first-order chi connectivity index (χ1) is 18.9. The molecule has 2 unspecified atom stereocenters. The third kappa shape index (κ3) is 4.92. The van der Waals surface area contributed by atoms with Crippen LogP contribution in [0.15, 0.2) is 54.6 Å². The second kappa shape index (κ2) is 10.7. The molecule has 7 nitrogen and oxygen atoms in total. The molecule has 2 aromatic rings. The van der Waals surface area contributed by atoms with E-state index in [9.17, 15) is 14.4 Å². The summed E-state index contributed by atoms with van der Waals surface area (Å²) in [4.78, 5) is 45.3. The van der Waals surface area contributed by atoms with E-state index in [0.29, 0.717) is 23.9 Å². The molecule has 1 heterocycles. The van der Waals surface area contributed by atoms with Gasteiger partial charge in [-0.1, -0.05) is 42.5 Å². The Labute approximate surface area is 231 Å². The molecule has 2 aromatic carbocycles. The summed E-state index contributed by atoms with van der Waals surface area (Å²) in [7, 11) is 0. The molecule has 2 atom stereocenters. The fourth-order valence-electron chi connectivity index (χ4n) is 8.61. The zero-order valence-electron chi connectivity index (χ0n) is 22.8. The molecule has 1 saturated heterocycles. The van der Waals surface area contributed by atoms with Crippen LogP contribution in [0.1, 0.15) is 68.5 Å². The van der Waals surface area contributed by atoms with E-state index in [2.05, 4.69) is 12.1 Å². The van der Waals surface area contributed by atoms with E-state index in [1.807, 2.05) is 59.2 Å². The van der Waals surface area contributed by atoms with E-state index in [1.165, 1.54) is 37.0 Å². The molecule has 0 spiro atoms. The van der Waals surface area contributed by atoms with E-state index >= 15 is 0 Å². The minimum atomic E-state index is -0.718. The molecule has 0 aromatic heterocycles. The van der Waals surface area contributed by atoms with Gasteiger partial charge in [-0.15, -0.1) is 0 Å². The summed E-state index contributed by atoms with van der Waals surface area (Å²) < 4.78 is 0. The molecule has 1 aliphatic heterocycles. The summed E-state index contributed by atoms with van der Waals surface area (Å²) in [5.41, 5.74) is 8.61. The summed E-state index contributed by atoms with van der Waals surface area (Å²) in [5.74, 6) is 2.51. The van der Waals surface area contributed by atoms with Gasteiger partial charge in [0.1, 0.15) is 6.04 Å². The largest absolute Gasteiger partial charge is 0.351 e. The average Bonchev–Trinajstić information content (AvgIpc) is 3.07. The highest BCUT2D eigenvalue weighted by Gasteiger charge is 2.51. The second-order valence-electron chi connectivity index (χ2n) is 12.4. The number of amides is 4. The standard InChI is InChI=1S/C32H40N4O3/c1-21-7-5-10-27(13-21)36(32(33)39)29-12-6-11-28(24-8-3-2-4-9-24)35(31(29)38)19-34(20-37)30-25-15-22-14-23(17-25)18-26(30)16-22/h2-5,7-10,13,20,22-23,25-26,28-30H,6,11-12,14-19H2,1H3,(H2,33,39). The van der Waals surface area contributed by atoms with E-state index in [4.69, 9.17) is 5.73 Å². The summed E-state index contributed by atoms with van der Waals surface area (Å²) in [6.45, 7) is 2.20. The van der Waals surface area contributed by atoms with Crippen molar-refractivity contribution in [2.24, 2.45) is 29.4 Å². The first kappa shape index (κ1) is 25.9. The van der Waals surface area contributed by atoms with Crippen LogP contribution in [0.5, 0.6) is 0 Å². The van der Waals surface area contributed by atoms with Crippen LogP contribution in [0.3, 0.4) is 0 Å². The van der Waals surface area contributed by atoms with Crippen molar-refractivity contribution in [3.8, 4) is 0 Å². The average molecular weight is 529 g/mol. The van der Waals surface area contributed by atoms with E-state index < -0.39 is 12.1 Å². The van der Waals surface area contributed by atoms with Gasteiger partial charge in [0.05, 0.1) is 12.7 Å². The van der Waals surface area contributed by atoms with Crippen molar-refractivity contribution in [3.05, 3.63) is 65.7 Å². The maximum atomic E-state index is 14.5. The predicted molar refractivity (Wildman–Crippen MR) is 151 cm³/mol. The number of nitrogens with two attached hydrogens (primary N) is 1. The van der Waals surface area contributed by atoms with Gasteiger partial charge in [-0.25, -0.2) is 4.79 Å². The molecule has 4 amide bonds. The van der Waals surface area contributed by atoms with Gasteiger partial charge in [0.25, 0.3) is 0 Å². The Morgan fingerprint density at radius 2 is 1.67 bits per heavy atom. The first-order valence-electron chi connectivity index (χ1n) is 14.6. The molecule has 5 aliphatic rings. The van der Waals surface area contributed by atoms with Gasteiger partial charge in [0, 0.05) is 11.7 Å². The lowest BCUT2D eigenvalue weighted by atomic mass is 9.54. The number of primary amides is 1. The summed E-state index contributed by atoms with van der Waals surface area (Å²) in [5, 5.41) is 0. The number of rotatable bonds is 7. The van der Waals surface area contributed by atoms with Crippen LogP contribution in [0.4, 0.5) is 10.5 Å². The minimum absolute atomic E-state index is 0.141. The van der Waals surface area contributed by atoms with Crippen LogP contribution in [-0.4, -0.2) is 46.9 Å². The maximum Gasteiger partial charge on any atom is 0.320 e. The Balaban J connectivity index is 1.34. The lowest BCUT2D eigenvalue weighted by Crippen LogP contribution is -2.59. The Morgan fingerprint density at radius 1 is 0.974 bits per heavy atom. The number of carbonyl (C=O) groups is 3. The first-order valence-corrected chi connectivity index (χ1v) is 14.6. The summed E-state index contributed by atoms with van der Waals surface area (Å²) in [6, 6.07) is 16.3. The lowest BCUT2D eigenvalue weighted by molar-refractivity contribution is -0.146. The van der Waals surface area contributed by atoms with Gasteiger partial charge < -0.3 is 15.5 Å². The highest BCUT2D eigenvalue weighted by atomic mass is 16.2. The van der Waals surface area contributed by atoms with E-state index in [0.717, 1.165) is 42.2 Å². The maximum absolute atomic E-state index is 14.5. The topological polar surface area (TPSA) is 86.9 Å². The van der Waals surface area contributed by atoms with Crippen LogP contribution < -0.4 is 10.6 Å². The van der Waals surface area contributed by atoms with Crippen molar-refractivity contribution in [3.63, 3.8) is 0 Å². The second-order valence-corrected chi connectivity index (χ2v) is 12.4. The zero-order valence-corrected chi connectivity index (χ0v) is 22.8. The minimum Gasteiger partial charge on any atom is -0.351 e. The monoisotopic (exact) mass is 528 g/mol. The number of hydrogen-bond acceptors (Lipinski definition) is 3. The van der Waals surface area contributed by atoms with Gasteiger partial charge in [-0.2, -0.15) is 0 Å². The highest BCUT2D eigenvalue weighted by molar-refractivity contribution is 5.99. The smallest absolute Gasteiger partial charge is 0.320 e. The van der Waals surface area contributed by atoms with E-state index in [1.54, 1.807) is 0 Å². The molecule has 39 heavy (non-hydrogen) atoms. The zero-order chi connectivity index (χ0) is 27.1. The van der Waals surface area contributed by atoms with Crippen molar-refractivity contribution >= 4 is 24.0 Å². The molecule has 4 saturated carbocycles. The van der Waals surface area contributed by atoms with Crippen molar-refractivity contribution in [2.45, 2.75) is 76.4 Å². The van der Waals surface area contributed by atoms with E-state index in [-0.39, 0.29) is 24.7 Å². The fourth-order valence-corrected chi connectivity index (χ4v) is 8.61. The number of nitrogens with zero attached hydrogens (tertiary/aromatic N) is 3. The molecular weight excluding hydrogens is 488 g/mol. The summed E-state index contributed by atoms with van der Waals surface area (Å²) >= 11 is 0. The number of hydrogen-bond donors (Lipinski definition) is 1. The molecule has 7 heteroatoms. The Hall–Kier alpha value is -3.35. The number of anilines is 1. The SMILES string of the molecule is Cc1cccc(N(C(N)=O)C2CCCC(c3ccccc3)N(CN(C=O)C3C4CC5CC(C4)CC3C5)C2=O)c1. The summed E-state index contributed by atoms with van der Waals surface area (Å²) in [6.07, 6.45) is 9.18. The lowest BCUT2D eigenvalue weighted by Gasteiger charge is -2.57. The van der Waals surface area contributed by atoms with Crippen molar-refractivity contribution in [2.75, 3.05) is 11.6 Å². The molecule has 206 valence electrons. The molecule has 7 rings (SSSR count). The predicted octanol–water partition coefficient (Wildman–Crippen LogP) is 5.24. The molecule has 2 N–H and O–H groups in total. The van der Waals surface area contributed by atoms with Crippen molar-refractivity contribution in [1.82, 2.24) is 9.80 Å². The van der Waals surface area contributed by atoms with Gasteiger partial charge in [0.2, 0.25) is 12.3 Å². The van der Waals surface area contributed by atoms with Crippen LogP contribution >= 0.6 is 0 Å². The van der Waals surface area contributed by atoms with Gasteiger partial charge in [0.15, 0.2) is 0 Å². The van der Waals surface area contributed by atoms with Crippen LogP contribution in [0.2, 0.25) is 0 Å². The molecule has 0 radical (unpaired) electrons. The third-order valence-corrected chi connectivity index (χ3v) is 9.92.